The van der Waals surface area contributed by atoms with Crippen LogP contribution in [0.1, 0.15) is 44.8 Å². The first-order valence-corrected chi connectivity index (χ1v) is 10.0. The fourth-order valence-corrected chi connectivity index (χ4v) is 4.90. The van der Waals surface area contributed by atoms with Crippen LogP contribution in [0.15, 0.2) is 4.52 Å². The zero-order chi connectivity index (χ0) is 17.5. The van der Waals surface area contributed by atoms with E-state index in [4.69, 9.17) is 4.52 Å². The van der Waals surface area contributed by atoms with Crippen molar-refractivity contribution in [1.29, 1.82) is 0 Å². The fourth-order valence-electron chi connectivity index (χ4n) is 4.04. The van der Waals surface area contributed by atoms with Gasteiger partial charge in [-0.15, -0.1) is 0 Å². The summed E-state index contributed by atoms with van der Waals surface area (Å²) in [5, 5.41) is 3.89. The third-order valence-corrected chi connectivity index (χ3v) is 6.66. The summed E-state index contributed by atoms with van der Waals surface area (Å²) < 4.78 is 32.0. The lowest BCUT2D eigenvalue weighted by Crippen LogP contribution is -2.39. The number of aromatic nitrogens is 2. The van der Waals surface area contributed by atoms with Crippen LogP contribution in [0.3, 0.4) is 0 Å². The van der Waals surface area contributed by atoms with E-state index in [1.165, 1.54) is 0 Å². The number of carbonyl (C=O) groups excluding carboxylic acids is 1. The molecule has 1 aliphatic carbocycles. The molecule has 2 fully saturated rings. The number of carbonyl (C=O) groups is 1. The second-order valence-electron chi connectivity index (χ2n) is 6.79. The van der Waals surface area contributed by atoms with Crippen molar-refractivity contribution in [1.82, 2.24) is 19.8 Å². The van der Waals surface area contributed by atoms with Crippen molar-refractivity contribution in [2.75, 3.05) is 18.8 Å². The van der Waals surface area contributed by atoms with Crippen LogP contribution in [0.2, 0.25) is 0 Å². The number of sulfonamides is 1. The Morgan fingerprint density at radius 3 is 2.79 bits per heavy atom. The first-order chi connectivity index (χ1) is 11.3. The Morgan fingerprint density at radius 2 is 2.21 bits per heavy atom. The van der Waals surface area contributed by atoms with E-state index in [9.17, 15) is 13.2 Å². The lowest BCUT2D eigenvalue weighted by Gasteiger charge is -2.25. The molecule has 0 radical (unpaired) electrons. The minimum Gasteiger partial charge on any atom is -0.341 e. The number of hydrogen-bond donors (Lipinski definition) is 1. The molecule has 134 valence electrons. The predicted octanol–water partition coefficient (Wildman–Crippen LogP) is 0.586. The smallest absolute Gasteiger partial charge is 0.235 e. The number of nitrogens with zero attached hydrogens (tertiary/aromatic N) is 3. The monoisotopic (exact) mass is 356 g/mol. The van der Waals surface area contributed by atoms with E-state index >= 15 is 0 Å². The number of fused-ring (bicyclic) bond motifs is 1. The van der Waals surface area contributed by atoms with Crippen molar-refractivity contribution in [2.24, 2.45) is 5.92 Å². The summed E-state index contributed by atoms with van der Waals surface area (Å²) in [6, 6.07) is -0.161. The molecule has 3 atom stereocenters. The first-order valence-electron chi connectivity index (χ1n) is 8.38. The van der Waals surface area contributed by atoms with E-state index in [1.54, 1.807) is 13.8 Å². The molecule has 2 heterocycles. The quantitative estimate of drug-likeness (QED) is 0.827. The van der Waals surface area contributed by atoms with Crippen LogP contribution in [0.4, 0.5) is 0 Å². The molecule has 8 nitrogen and oxygen atoms in total. The number of nitrogens with one attached hydrogen (secondary N) is 1. The highest BCUT2D eigenvalue weighted by molar-refractivity contribution is 7.89. The van der Waals surface area contributed by atoms with Gasteiger partial charge in [0.2, 0.25) is 21.8 Å². The molecule has 1 N–H and O–H groups in total. The SMILES string of the molecule is CCC(=O)N1CC2C[C@@H](NS(=O)(=O)CC)C[C@]2(c2nc(C)no2)C1. The lowest BCUT2D eigenvalue weighted by molar-refractivity contribution is -0.130. The van der Waals surface area contributed by atoms with Gasteiger partial charge in [0.15, 0.2) is 5.82 Å². The predicted molar refractivity (Wildman–Crippen MR) is 86.7 cm³/mol. The number of aryl methyl sites for hydroxylation is 1. The number of rotatable bonds is 5. The highest BCUT2D eigenvalue weighted by atomic mass is 32.2. The highest BCUT2D eigenvalue weighted by Gasteiger charge is 2.58. The van der Waals surface area contributed by atoms with Crippen LogP contribution in [0.25, 0.3) is 0 Å². The highest BCUT2D eigenvalue weighted by Crippen LogP contribution is 2.50. The van der Waals surface area contributed by atoms with Crippen molar-refractivity contribution in [3.63, 3.8) is 0 Å². The van der Waals surface area contributed by atoms with Crippen LogP contribution < -0.4 is 4.72 Å². The normalized spacial score (nSPS) is 29.9. The molecule has 0 bridgehead atoms. The zero-order valence-electron chi connectivity index (χ0n) is 14.3. The summed E-state index contributed by atoms with van der Waals surface area (Å²) in [5.41, 5.74) is -0.451. The Balaban J connectivity index is 1.88. The molecule has 2 aliphatic rings. The molecule has 1 aromatic rings. The Labute approximate surface area is 142 Å². The number of likely N-dealkylation sites (tertiary alicyclic amines) is 1. The molecule has 24 heavy (non-hydrogen) atoms. The Morgan fingerprint density at radius 1 is 1.46 bits per heavy atom. The minimum absolute atomic E-state index is 0.0568. The van der Waals surface area contributed by atoms with Gasteiger partial charge in [0.25, 0.3) is 0 Å². The first kappa shape index (κ1) is 17.3. The molecule has 9 heteroatoms. The van der Waals surface area contributed by atoms with Crippen molar-refractivity contribution in [3.8, 4) is 0 Å². The maximum Gasteiger partial charge on any atom is 0.235 e. The molecule has 3 rings (SSSR count). The molecule has 1 aromatic heterocycles. The zero-order valence-corrected chi connectivity index (χ0v) is 15.1. The van der Waals surface area contributed by atoms with E-state index in [0.29, 0.717) is 44.1 Å². The second-order valence-corrected chi connectivity index (χ2v) is 8.83. The summed E-state index contributed by atoms with van der Waals surface area (Å²) in [4.78, 5) is 18.4. The van der Waals surface area contributed by atoms with E-state index in [1.807, 2.05) is 11.8 Å². The summed E-state index contributed by atoms with van der Waals surface area (Å²) in [5.74, 6) is 1.36. The molecule has 1 saturated carbocycles. The van der Waals surface area contributed by atoms with Crippen LogP contribution in [-0.2, 0) is 20.2 Å². The van der Waals surface area contributed by atoms with Gasteiger partial charge in [-0.25, -0.2) is 13.1 Å². The van der Waals surface area contributed by atoms with Gasteiger partial charge in [-0.2, -0.15) is 4.98 Å². The largest absolute Gasteiger partial charge is 0.341 e. The van der Waals surface area contributed by atoms with Gasteiger partial charge in [-0.3, -0.25) is 4.79 Å². The standard InChI is InChI=1S/C15H24N4O4S/c1-4-13(20)19-8-11-6-12(18-24(21,22)5-2)7-15(11,9-19)14-16-10(3)17-23-14/h11-12,18H,4-9H2,1-3H3/t11?,12-,15+/m1/s1. The molecule has 1 amide bonds. The molecule has 0 aromatic carbocycles. The molecule has 1 unspecified atom stereocenters. The van der Waals surface area contributed by atoms with Crippen LogP contribution in [-0.4, -0.2) is 54.2 Å². The summed E-state index contributed by atoms with van der Waals surface area (Å²) in [6.07, 6.45) is 1.71. The van der Waals surface area contributed by atoms with Gasteiger partial charge in [0, 0.05) is 25.6 Å². The van der Waals surface area contributed by atoms with Crippen molar-refractivity contribution < 1.29 is 17.7 Å². The number of hydrogen-bond acceptors (Lipinski definition) is 6. The van der Waals surface area contributed by atoms with E-state index in [0.717, 1.165) is 0 Å². The third kappa shape index (κ3) is 2.95. The van der Waals surface area contributed by atoms with Crippen LogP contribution in [0.5, 0.6) is 0 Å². The van der Waals surface area contributed by atoms with E-state index < -0.39 is 15.4 Å². The number of amides is 1. The van der Waals surface area contributed by atoms with Crippen LogP contribution in [0, 0.1) is 12.8 Å². The summed E-state index contributed by atoms with van der Waals surface area (Å²) in [6.45, 7) is 6.35. The third-order valence-electron chi connectivity index (χ3n) is 5.21. The molecule has 1 saturated heterocycles. The van der Waals surface area contributed by atoms with Crippen molar-refractivity contribution in [2.45, 2.75) is 51.5 Å². The van der Waals surface area contributed by atoms with Gasteiger partial charge in [-0.1, -0.05) is 12.1 Å². The summed E-state index contributed by atoms with van der Waals surface area (Å²) >= 11 is 0. The van der Waals surface area contributed by atoms with Gasteiger partial charge >= 0.3 is 0 Å². The maximum absolute atomic E-state index is 12.1. The van der Waals surface area contributed by atoms with Crippen molar-refractivity contribution in [3.05, 3.63) is 11.7 Å². The van der Waals surface area contributed by atoms with Gasteiger partial charge in [0.05, 0.1) is 11.2 Å². The van der Waals surface area contributed by atoms with Gasteiger partial charge in [-0.05, 0) is 32.6 Å². The van der Waals surface area contributed by atoms with Gasteiger partial charge in [0.1, 0.15) is 0 Å². The lowest BCUT2D eigenvalue weighted by atomic mass is 9.80. The van der Waals surface area contributed by atoms with E-state index in [2.05, 4.69) is 14.9 Å². The Kier molecular flexibility index (Phi) is 4.41. The Hall–Kier alpha value is -1.48. The maximum atomic E-state index is 12.1. The van der Waals surface area contributed by atoms with Gasteiger partial charge < -0.3 is 9.42 Å². The second kappa shape index (κ2) is 6.11. The average molecular weight is 356 g/mol. The Bertz CT molecular complexity index is 732. The van der Waals surface area contributed by atoms with Crippen molar-refractivity contribution >= 4 is 15.9 Å². The molecule has 1 aliphatic heterocycles. The van der Waals surface area contributed by atoms with E-state index in [-0.39, 0.29) is 23.6 Å². The molecular weight excluding hydrogens is 332 g/mol. The fraction of sp³-hybridized carbons (Fsp3) is 0.800. The average Bonchev–Trinajstić information content (AvgIpc) is 3.18. The molecular formula is C15H24N4O4S. The summed E-state index contributed by atoms with van der Waals surface area (Å²) in [7, 11) is -3.27. The topological polar surface area (TPSA) is 105 Å². The van der Waals surface area contributed by atoms with Crippen LogP contribution >= 0.6 is 0 Å². The molecule has 0 spiro atoms. The minimum atomic E-state index is -3.27.